The van der Waals surface area contributed by atoms with Gasteiger partial charge in [0.1, 0.15) is 0 Å². The molecule has 0 saturated carbocycles. The Morgan fingerprint density at radius 1 is 1.21 bits per heavy atom. The standard InChI is InChI=1S/C13H18N2O4/c1-10(18)14-12-4-2-3-11(9-12)13(19)15(5-7-16)6-8-17/h2-4,9,16-17H,5-8H2,1H3,(H,14,18). The van der Waals surface area contributed by atoms with Crippen LogP contribution in [0.4, 0.5) is 5.69 Å². The van der Waals surface area contributed by atoms with Gasteiger partial charge in [0.05, 0.1) is 13.2 Å². The second kappa shape index (κ2) is 7.50. The maximum absolute atomic E-state index is 12.2. The van der Waals surface area contributed by atoms with Crippen molar-refractivity contribution in [1.29, 1.82) is 0 Å². The van der Waals surface area contributed by atoms with Crippen molar-refractivity contribution in [2.75, 3.05) is 31.6 Å². The summed E-state index contributed by atoms with van der Waals surface area (Å²) >= 11 is 0. The van der Waals surface area contributed by atoms with Crippen molar-refractivity contribution < 1.29 is 19.8 Å². The van der Waals surface area contributed by atoms with Gasteiger partial charge >= 0.3 is 0 Å². The fourth-order valence-corrected chi connectivity index (χ4v) is 1.67. The first-order valence-corrected chi connectivity index (χ1v) is 5.97. The number of anilines is 1. The molecule has 1 rings (SSSR count). The topological polar surface area (TPSA) is 89.9 Å². The molecule has 0 radical (unpaired) electrons. The average molecular weight is 266 g/mol. The van der Waals surface area contributed by atoms with Gasteiger partial charge in [-0.1, -0.05) is 6.07 Å². The van der Waals surface area contributed by atoms with Gasteiger partial charge in [-0.15, -0.1) is 0 Å². The van der Waals surface area contributed by atoms with Gasteiger partial charge in [0.25, 0.3) is 5.91 Å². The molecule has 0 heterocycles. The molecule has 0 aromatic heterocycles. The predicted octanol–water partition coefficient (Wildman–Crippen LogP) is 0.0718. The highest BCUT2D eigenvalue weighted by Gasteiger charge is 2.15. The third-order valence-electron chi connectivity index (χ3n) is 2.46. The lowest BCUT2D eigenvalue weighted by molar-refractivity contribution is -0.114. The van der Waals surface area contributed by atoms with Crippen LogP contribution in [0.1, 0.15) is 17.3 Å². The summed E-state index contributed by atoms with van der Waals surface area (Å²) in [6.07, 6.45) is 0. The number of nitrogens with zero attached hydrogens (tertiary/aromatic N) is 1. The monoisotopic (exact) mass is 266 g/mol. The Balaban J connectivity index is 2.87. The van der Waals surface area contributed by atoms with Crippen LogP contribution >= 0.6 is 0 Å². The third-order valence-corrected chi connectivity index (χ3v) is 2.46. The molecule has 19 heavy (non-hydrogen) atoms. The average Bonchev–Trinajstić information content (AvgIpc) is 2.37. The van der Waals surface area contributed by atoms with E-state index in [-0.39, 0.29) is 38.1 Å². The lowest BCUT2D eigenvalue weighted by Gasteiger charge is -2.20. The van der Waals surface area contributed by atoms with Gasteiger partial charge in [-0.3, -0.25) is 9.59 Å². The van der Waals surface area contributed by atoms with E-state index in [0.717, 1.165) is 0 Å². The summed E-state index contributed by atoms with van der Waals surface area (Å²) in [6.45, 7) is 1.36. The Labute approximate surface area is 111 Å². The largest absolute Gasteiger partial charge is 0.395 e. The molecule has 2 amide bonds. The van der Waals surface area contributed by atoms with E-state index >= 15 is 0 Å². The van der Waals surface area contributed by atoms with Crippen molar-refractivity contribution >= 4 is 17.5 Å². The van der Waals surface area contributed by atoms with Gasteiger partial charge in [0, 0.05) is 31.3 Å². The maximum atomic E-state index is 12.2. The normalized spacial score (nSPS) is 10.1. The zero-order valence-electron chi connectivity index (χ0n) is 10.8. The Morgan fingerprint density at radius 3 is 2.37 bits per heavy atom. The molecule has 0 unspecified atom stereocenters. The predicted molar refractivity (Wildman–Crippen MR) is 70.8 cm³/mol. The molecule has 104 valence electrons. The van der Waals surface area contributed by atoms with Crippen LogP contribution in [0.3, 0.4) is 0 Å². The quantitative estimate of drug-likeness (QED) is 0.680. The fraction of sp³-hybridized carbons (Fsp3) is 0.385. The molecule has 0 spiro atoms. The summed E-state index contributed by atoms with van der Waals surface area (Å²) in [4.78, 5) is 24.5. The van der Waals surface area contributed by atoms with E-state index in [9.17, 15) is 9.59 Å². The van der Waals surface area contributed by atoms with E-state index in [2.05, 4.69) is 5.32 Å². The highest BCUT2D eigenvalue weighted by molar-refractivity contribution is 5.96. The Morgan fingerprint density at radius 2 is 1.84 bits per heavy atom. The number of rotatable bonds is 6. The molecule has 0 bridgehead atoms. The van der Waals surface area contributed by atoms with Gasteiger partial charge in [-0.2, -0.15) is 0 Å². The summed E-state index contributed by atoms with van der Waals surface area (Å²) in [5, 5.41) is 20.4. The summed E-state index contributed by atoms with van der Waals surface area (Å²) in [7, 11) is 0. The van der Waals surface area contributed by atoms with Crippen molar-refractivity contribution in [3.8, 4) is 0 Å². The lowest BCUT2D eigenvalue weighted by atomic mass is 10.1. The van der Waals surface area contributed by atoms with Crippen LogP contribution in [0, 0.1) is 0 Å². The van der Waals surface area contributed by atoms with Crippen LogP contribution in [-0.4, -0.2) is 53.2 Å². The first kappa shape index (κ1) is 15.1. The Bertz CT molecular complexity index is 442. The van der Waals surface area contributed by atoms with Gasteiger partial charge < -0.3 is 20.4 Å². The highest BCUT2D eigenvalue weighted by Crippen LogP contribution is 2.12. The number of benzene rings is 1. The number of hydrogen-bond donors (Lipinski definition) is 3. The number of hydrogen-bond acceptors (Lipinski definition) is 4. The number of nitrogens with one attached hydrogen (secondary N) is 1. The summed E-state index contributed by atoms with van der Waals surface area (Å²) < 4.78 is 0. The molecule has 1 aromatic rings. The minimum atomic E-state index is -0.296. The first-order valence-electron chi connectivity index (χ1n) is 5.97. The van der Waals surface area contributed by atoms with E-state index in [4.69, 9.17) is 10.2 Å². The van der Waals surface area contributed by atoms with Crippen LogP contribution in [0.5, 0.6) is 0 Å². The molecule has 0 aliphatic heterocycles. The smallest absolute Gasteiger partial charge is 0.254 e. The molecule has 0 aliphatic carbocycles. The number of carbonyl (C=O) groups is 2. The molecule has 1 aromatic carbocycles. The van der Waals surface area contributed by atoms with Crippen LogP contribution in [-0.2, 0) is 4.79 Å². The molecular formula is C13H18N2O4. The molecule has 0 atom stereocenters. The van der Waals surface area contributed by atoms with Crippen molar-refractivity contribution in [3.63, 3.8) is 0 Å². The number of aliphatic hydroxyl groups is 2. The molecular weight excluding hydrogens is 248 g/mol. The third kappa shape index (κ3) is 4.69. The highest BCUT2D eigenvalue weighted by atomic mass is 16.3. The van der Waals surface area contributed by atoms with E-state index in [1.807, 2.05) is 0 Å². The van der Waals surface area contributed by atoms with Crippen molar-refractivity contribution in [1.82, 2.24) is 4.90 Å². The van der Waals surface area contributed by atoms with E-state index in [1.54, 1.807) is 24.3 Å². The van der Waals surface area contributed by atoms with Gasteiger partial charge in [0.2, 0.25) is 5.91 Å². The van der Waals surface area contributed by atoms with Gasteiger partial charge in [-0.05, 0) is 18.2 Å². The second-order valence-electron chi connectivity index (χ2n) is 4.00. The van der Waals surface area contributed by atoms with Crippen LogP contribution in [0.25, 0.3) is 0 Å². The summed E-state index contributed by atoms with van der Waals surface area (Å²) in [5.41, 5.74) is 0.930. The maximum Gasteiger partial charge on any atom is 0.254 e. The van der Waals surface area contributed by atoms with Crippen molar-refractivity contribution in [2.24, 2.45) is 0 Å². The van der Waals surface area contributed by atoms with Crippen molar-refractivity contribution in [2.45, 2.75) is 6.92 Å². The number of amides is 2. The molecule has 3 N–H and O–H groups in total. The van der Waals surface area contributed by atoms with Crippen LogP contribution in [0.2, 0.25) is 0 Å². The minimum absolute atomic E-state index is 0.157. The van der Waals surface area contributed by atoms with Gasteiger partial charge in [-0.25, -0.2) is 0 Å². The fourth-order valence-electron chi connectivity index (χ4n) is 1.67. The molecule has 0 aliphatic rings. The summed E-state index contributed by atoms with van der Waals surface area (Å²) in [5.74, 6) is -0.512. The number of aliphatic hydroxyl groups excluding tert-OH is 2. The van der Waals surface area contributed by atoms with Crippen LogP contribution < -0.4 is 5.32 Å². The SMILES string of the molecule is CC(=O)Nc1cccc(C(=O)N(CCO)CCO)c1. The van der Waals surface area contributed by atoms with Crippen molar-refractivity contribution in [3.05, 3.63) is 29.8 Å². The molecule has 0 fully saturated rings. The molecule has 6 heteroatoms. The number of carbonyl (C=O) groups excluding carboxylic acids is 2. The zero-order valence-corrected chi connectivity index (χ0v) is 10.8. The Kier molecular flexibility index (Phi) is 5.98. The zero-order chi connectivity index (χ0) is 14.3. The van der Waals surface area contributed by atoms with E-state index in [1.165, 1.54) is 11.8 Å². The molecule has 6 nitrogen and oxygen atoms in total. The summed E-state index contributed by atoms with van der Waals surface area (Å²) in [6, 6.07) is 6.52. The lowest BCUT2D eigenvalue weighted by Crippen LogP contribution is -2.35. The van der Waals surface area contributed by atoms with Gasteiger partial charge in [0.15, 0.2) is 0 Å². The van der Waals surface area contributed by atoms with E-state index < -0.39 is 0 Å². The minimum Gasteiger partial charge on any atom is -0.395 e. The Hall–Kier alpha value is -1.92. The second-order valence-corrected chi connectivity index (χ2v) is 4.00. The molecule has 0 saturated heterocycles. The van der Waals surface area contributed by atoms with Crippen LogP contribution in [0.15, 0.2) is 24.3 Å². The first-order chi connectivity index (χ1) is 9.08. The van der Waals surface area contributed by atoms with E-state index in [0.29, 0.717) is 11.3 Å².